The molecule has 3 nitrogen and oxygen atoms in total. The molecule has 1 unspecified atom stereocenters. The summed E-state index contributed by atoms with van der Waals surface area (Å²) in [6.07, 6.45) is 0.839. The molecule has 1 rings (SSSR count). The van der Waals surface area contributed by atoms with E-state index in [-0.39, 0.29) is 11.8 Å². The van der Waals surface area contributed by atoms with Gasteiger partial charge in [0.1, 0.15) is 5.78 Å². The van der Waals surface area contributed by atoms with Crippen LogP contribution in [0.4, 0.5) is 0 Å². The van der Waals surface area contributed by atoms with E-state index in [4.69, 9.17) is 4.84 Å². The number of ketones is 1. The van der Waals surface area contributed by atoms with Crippen LogP contribution in [-0.2, 0) is 9.63 Å². The molecule has 0 aromatic carbocycles. The predicted molar refractivity (Wildman–Crippen MR) is 32.8 cm³/mol. The number of carbonyl (C=O) groups is 1. The molecule has 52 valence electrons. The first-order valence-electron chi connectivity index (χ1n) is 3.08. The highest BCUT2D eigenvalue weighted by Gasteiger charge is 2.25. The van der Waals surface area contributed by atoms with Gasteiger partial charge in [0.15, 0.2) is 0 Å². The maximum Gasteiger partial charge on any atom is 0.149 e. The summed E-state index contributed by atoms with van der Waals surface area (Å²) in [4.78, 5) is 15.8. The minimum atomic E-state index is 0.00463. The molecule has 1 aliphatic heterocycles. The van der Waals surface area contributed by atoms with E-state index >= 15 is 0 Å². The Balaban J connectivity index is 2.49. The van der Waals surface area contributed by atoms with Gasteiger partial charge in [-0.1, -0.05) is 0 Å². The predicted octanol–water partition coefficient (Wildman–Crippen LogP) is 0.211. The SMILES string of the molecule is CC(=O)C1CCON1C. The third-order valence-corrected chi connectivity index (χ3v) is 1.59. The Bertz CT molecular complexity index is 124. The lowest BCUT2D eigenvalue weighted by Gasteiger charge is -2.12. The number of hydrogen-bond acceptors (Lipinski definition) is 3. The van der Waals surface area contributed by atoms with Gasteiger partial charge in [-0.05, 0) is 13.3 Å². The number of hydroxylamine groups is 2. The Morgan fingerprint density at radius 1 is 1.78 bits per heavy atom. The van der Waals surface area contributed by atoms with Gasteiger partial charge in [0.25, 0.3) is 0 Å². The molecule has 0 spiro atoms. The van der Waals surface area contributed by atoms with Crippen molar-refractivity contribution in [1.82, 2.24) is 5.06 Å². The largest absolute Gasteiger partial charge is 0.298 e. The van der Waals surface area contributed by atoms with E-state index in [9.17, 15) is 4.79 Å². The van der Waals surface area contributed by atoms with Crippen molar-refractivity contribution in [2.24, 2.45) is 0 Å². The molecule has 1 aliphatic rings. The van der Waals surface area contributed by atoms with E-state index in [1.807, 2.05) is 0 Å². The summed E-state index contributed by atoms with van der Waals surface area (Å²) in [5, 5.41) is 1.63. The summed E-state index contributed by atoms with van der Waals surface area (Å²) >= 11 is 0. The molecular weight excluding hydrogens is 118 g/mol. The number of likely N-dealkylation sites (N-methyl/N-ethyl adjacent to an activating group) is 1. The Hall–Kier alpha value is -0.410. The number of Topliss-reactive ketones (excluding diaryl/α,β-unsaturated/α-hetero) is 1. The van der Waals surface area contributed by atoms with Crippen molar-refractivity contribution >= 4 is 5.78 Å². The van der Waals surface area contributed by atoms with Crippen molar-refractivity contribution in [1.29, 1.82) is 0 Å². The topological polar surface area (TPSA) is 29.5 Å². The Morgan fingerprint density at radius 3 is 2.67 bits per heavy atom. The summed E-state index contributed by atoms with van der Waals surface area (Å²) in [6, 6.07) is 0.00463. The van der Waals surface area contributed by atoms with Crippen LogP contribution in [0.15, 0.2) is 0 Å². The third-order valence-electron chi connectivity index (χ3n) is 1.59. The fourth-order valence-electron chi connectivity index (χ4n) is 1.04. The second-order valence-electron chi connectivity index (χ2n) is 2.29. The average Bonchev–Trinajstić information content (AvgIpc) is 2.13. The summed E-state index contributed by atoms with van der Waals surface area (Å²) in [5.41, 5.74) is 0. The van der Waals surface area contributed by atoms with Crippen LogP contribution in [0.5, 0.6) is 0 Å². The first-order chi connectivity index (χ1) is 4.22. The number of nitrogens with zero attached hydrogens (tertiary/aromatic N) is 1. The highest BCUT2D eigenvalue weighted by molar-refractivity contribution is 5.81. The maximum atomic E-state index is 10.7. The standard InChI is InChI=1S/C6H11NO2/c1-5(8)6-3-4-9-7(6)2/h6H,3-4H2,1-2H3. The van der Waals surface area contributed by atoms with Crippen LogP contribution < -0.4 is 0 Å². The second kappa shape index (κ2) is 2.45. The molecule has 1 saturated heterocycles. The molecule has 0 bridgehead atoms. The fraction of sp³-hybridized carbons (Fsp3) is 0.833. The lowest BCUT2D eigenvalue weighted by molar-refractivity contribution is -0.139. The first-order valence-corrected chi connectivity index (χ1v) is 3.08. The van der Waals surface area contributed by atoms with Gasteiger partial charge in [0, 0.05) is 7.05 Å². The van der Waals surface area contributed by atoms with Crippen LogP contribution in [-0.4, -0.2) is 30.5 Å². The van der Waals surface area contributed by atoms with Crippen molar-refractivity contribution in [2.45, 2.75) is 19.4 Å². The van der Waals surface area contributed by atoms with Gasteiger partial charge < -0.3 is 0 Å². The maximum absolute atomic E-state index is 10.7. The summed E-state index contributed by atoms with van der Waals surface area (Å²) in [7, 11) is 1.79. The van der Waals surface area contributed by atoms with Gasteiger partial charge in [-0.15, -0.1) is 0 Å². The van der Waals surface area contributed by atoms with E-state index in [0.29, 0.717) is 6.61 Å². The summed E-state index contributed by atoms with van der Waals surface area (Å²) < 4.78 is 0. The molecule has 0 aliphatic carbocycles. The molecule has 0 aromatic heterocycles. The van der Waals surface area contributed by atoms with Crippen molar-refractivity contribution in [3.8, 4) is 0 Å². The number of rotatable bonds is 1. The van der Waals surface area contributed by atoms with Gasteiger partial charge in [-0.2, -0.15) is 5.06 Å². The summed E-state index contributed by atoms with van der Waals surface area (Å²) in [5.74, 6) is 0.190. The molecule has 0 saturated carbocycles. The van der Waals surface area contributed by atoms with E-state index in [1.165, 1.54) is 0 Å². The van der Waals surface area contributed by atoms with Crippen LogP contribution in [0.2, 0.25) is 0 Å². The van der Waals surface area contributed by atoms with Gasteiger partial charge in [-0.25, -0.2) is 0 Å². The van der Waals surface area contributed by atoms with Crippen LogP contribution in [0.3, 0.4) is 0 Å². The van der Waals surface area contributed by atoms with Crippen LogP contribution >= 0.6 is 0 Å². The van der Waals surface area contributed by atoms with Crippen LogP contribution in [0.25, 0.3) is 0 Å². The van der Waals surface area contributed by atoms with Crippen molar-refractivity contribution in [3.63, 3.8) is 0 Å². The van der Waals surface area contributed by atoms with E-state index in [2.05, 4.69) is 0 Å². The molecule has 1 heterocycles. The molecular formula is C6H11NO2. The fourth-order valence-corrected chi connectivity index (χ4v) is 1.04. The number of carbonyl (C=O) groups excluding carboxylic acids is 1. The molecule has 0 radical (unpaired) electrons. The van der Waals surface area contributed by atoms with E-state index in [0.717, 1.165) is 6.42 Å². The lowest BCUT2D eigenvalue weighted by atomic mass is 10.1. The average molecular weight is 129 g/mol. The van der Waals surface area contributed by atoms with E-state index < -0.39 is 0 Å². The van der Waals surface area contributed by atoms with Crippen LogP contribution in [0, 0.1) is 0 Å². The minimum Gasteiger partial charge on any atom is -0.298 e. The van der Waals surface area contributed by atoms with Gasteiger partial charge >= 0.3 is 0 Å². The van der Waals surface area contributed by atoms with Gasteiger partial charge in [0.05, 0.1) is 12.6 Å². The first kappa shape index (κ1) is 6.71. The number of hydrogen-bond donors (Lipinski definition) is 0. The Kier molecular flexibility index (Phi) is 1.83. The molecule has 3 heteroatoms. The second-order valence-corrected chi connectivity index (χ2v) is 2.29. The zero-order valence-corrected chi connectivity index (χ0v) is 5.76. The zero-order valence-electron chi connectivity index (χ0n) is 5.76. The highest BCUT2D eigenvalue weighted by atomic mass is 16.7. The molecule has 1 atom stereocenters. The lowest BCUT2D eigenvalue weighted by Crippen LogP contribution is -2.29. The van der Waals surface area contributed by atoms with Gasteiger partial charge in [-0.3, -0.25) is 9.63 Å². The third kappa shape index (κ3) is 1.28. The Morgan fingerprint density at radius 2 is 2.44 bits per heavy atom. The van der Waals surface area contributed by atoms with Crippen molar-refractivity contribution < 1.29 is 9.63 Å². The van der Waals surface area contributed by atoms with Crippen molar-refractivity contribution in [3.05, 3.63) is 0 Å². The van der Waals surface area contributed by atoms with Crippen molar-refractivity contribution in [2.75, 3.05) is 13.7 Å². The summed E-state index contributed by atoms with van der Waals surface area (Å²) in [6.45, 7) is 2.27. The normalized spacial score (nSPS) is 28.9. The highest BCUT2D eigenvalue weighted by Crippen LogP contribution is 2.11. The smallest absolute Gasteiger partial charge is 0.149 e. The molecule has 9 heavy (non-hydrogen) atoms. The molecule has 0 N–H and O–H groups in total. The monoisotopic (exact) mass is 129 g/mol. The molecule has 1 fully saturated rings. The minimum absolute atomic E-state index is 0.00463. The van der Waals surface area contributed by atoms with Crippen LogP contribution in [0.1, 0.15) is 13.3 Å². The molecule has 0 aromatic rings. The molecule has 0 amide bonds. The van der Waals surface area contributed by atoms with Gasteiger partial charge in [0.2, 0.25) is 0 Å². The Labute approximate surface area is 54.5 Å². The quantitative estimate of drug-likeness (QED) is 0.507. The zero-order chi connectivity index (χ0) is 6.85. The van der Waals surface area contributed by atoms with E-state index in [1.54, 1.807) is 19.0 Å².